The third kappa shape index (κ3) is 4.47. The highest BCUT2D eigenvalue weighted by Gasteiger charge is 2.11. The fourth-order valence-electron chi connectivity index (χ4n) is 2.03. The number of ether oxygens (including phenoxy) is 1. The van der Waals surface area contributed by atoms with Crippen LogP contribution >= 0.6 is 27.5 Å². The molecule has 2 nitrogen and oxygen atoms in total. The van der Waals surface area contributed by atoms with Gasteiger partial charge in [-0.2, -0.15) is 0 Å². The van der Waals surface area contributed by atoms with Gasteiger partial charge in [0.1, 0.15) is 11.5 Å². The Hall–Kier alpha value is -1.03. The molecule has 1 unspecified atom stereocenters. The van der Waals surface area contributed by atoms with Gasteiger partial charge in [0.2, 0.25) is 0 Å². The molecule has 21 heavy (non-hydrogen) atoms. The summed E-state index contributed by atoms with van der Waals surface area (Å²) >= 11 is 9.63. The Morgan fingerprint density at radius 2 is 1.95 bits per heavy atom. The first-order chi connectivity index (χ1) is 9.99. The Labute approximate surface area is 139 Å². The molecule has 1 atom stereocenters. The van der Waals surface area contributed by atoms with Crippen LogP contribution in [0.1, 0.15) is 24.5 Å². The molecule has 112 valence electrons. The largest absolute Gasteiger partial charge is 0.456 e. The number of halogens is 2. The number of aryl methyl sites for hydroxylation is 1. The molecule has 0 aliphatic heterocycles. The molecule has 2 N–H and O–H groups in total. The fourth-order valence-corrected chi connectivity index (χ4v) is 2.76. The molecule has 2 aromatic carbocycles. The lowest BCUT2D eigenvalue weighted by Crippen LogP contribution is -2.21. The summed E-state index contributed by atoms with van der Waals surface area (Å²) in [5.74, 6) is 1.53. The van der Waals surface area contributed by atoms with Crippen LogP contribution < -0.4 is 10.5 Å². The van der Waals surface area contributed by atoms with E-state index < -0.39 is 0 Å². The molecule has 0 radical (unpaired) electrons. The normalized spacial score (nSPS) is 12.2. The van der Waals surface area contributed by atoms with Crippen molar-refractivity contribution in [2.75, 3.05) is 0 Å². The lowest BCUT2D eigenvalue weighted by molar-refractivity contribution is 0.469. The van der Waals surface area contributed by atoms with Gasteiger partial charge in [0.25, 0.3) is 0 Å². The van der Waals surface area contributed by atoms with Crippen molar-refractivity contribution in [2.45, 2.75) is 32.7 Å². The van der Waals surface area contributed by atoms with E-state index in [0.29, 0.717) is 5.02 Å². The van der Waals surface area contributed by atoms with Crippen LogP contribution in [-0.2, 0) is 6.42 Å². The van der Waals surface area contributed by atoms with Crippen LogP contribution in [0.4, 0.5) is 0 Å². The van der Waals surface area contributed by atoms with E-state index >= 15 is 0 Å². The van der Waals surface area contributed by atoms with Crippen molar-refractivity contribution in [1.82, 2.24) is 0 Å². The van der Waals surface area contributed by atoms with Gasteiger partial charge in [0.15, 0.2) is 0 Å². The maximum atomic E-state index is 6.10. The summed E-state index contributed by atoms with van der Waals surface area (Å²) in [6.07, 6.45) is 1.70. The minimum Gasteiger partial charge on any atom is -0.456 e. The van der Waals surface area contributed by atoms with Crippen LogP contribution in [0.2, 0.25) is 5.02 Å². The van der Waals surface area contributed by atoms with E-state index in [9.17, 15) is 0 Å². The highest BCUT2D eigenvalue weighted by molar-refractivity contribution is 9.10. The van der Waals surface area contributed by atoms with E-state index in [2.05, 4.69) is 22.9 Å². The zero-order valence-corrected chi connectivity index (χ0v) is 14.5. The van der Waals surface area contributed by atoms with Crippen molar-refractivity contribution >= 4 is 27.5 Å². The van der Waals surface area contributed by atoms with Gasteiger partial charge in [-0.05, 0) is 71.1 Å². The summed E-state index contributed by atoms with van der Waals surface area (Å²) in [4.78, 5) is 0. The molecule has 0 aliphatic rings. The summed E-state index contributed by atoms with van der Waals surface area (Å²) in [6, 6.07) is 11.8. The second-order valence-corrected chi connectivity index (χ2v) is 6.45. The Morgan fingerprint density at radius 3 is 2.62 bits per heavy atom. The highest BCUT2D eigenvalue weighted by atomic mass is 79.9. The Bertz CT molecular complexity index is 630. The second-order valence-electron chi connectivity index (χ2n) is 5.16. The van der Waals surface area contributed by atoms with Crippen molar-refractivity contribution in [1.29, 1.82) is 0 Å². The van der Waals surface area contributed by atoms with E-state index in [1.807, 2.05) is 43.3 Å². The zero-order chi connectivity index (χ0) is 15.4. The van der Waals surface area contributed by atoms with E-state index in [1.165, 1.54) is 5.56 Å². The molecule has 0 heterocycles. The average Bonchev–Trinajstić information content (AvgIpc) is 2.44. The monoisotopic (exact) mass is 367 g/mol. The standard InChI is InChI=1S/C17H19BrClNO/c1-3-14(20)9-12-5-6-13(19)10-17(12)21-16-7-4-11(2)8-15(16)18/h4-8,10,14H,3,9,20H2,1-2H3. The first kappa shape index (κ1) is 16.3. The van der Waals surface area contributed by atoms with Gasteiger partial charge in [-0.3, -0.25) is 0 Å². The maximum Gasteiger partial charge on any atom is 0.141 e. The number of nitrogens with two attached hydrogens (primary N) is 1. The smallest absolute Gasteiger partial charge is 0.141 e. The van der Waals surface area contributed by atoms with Gasteiger partial charge < -0.3 is 10.5 Å². The molecular formula is C17H19BrClNO. The Balaban J connectivity index is 2.31. The Kier molecular flexibility index (Phi) is 5.68. The highest BCUT2D eigenvalue weighted by Crippen LogP contribution is 2.34. The van der Waals surface area contributed by atoms with Gasteiger partial charge >= 0.3 is 0 Å². The quantitative estimate of drug-likeness (QED) is 0.758. The third-order valence-corrected chi connectivity index (χ3v) is 4.20. The van der Waals surface area contributed by atoms with Gasteiger partial charge in [-0.25, -0.2) is 0 Å². The van der Waals surface area contributed by atoms with Gasteiger partial charge in [0.05, 0.1) is 4.47 Å². The number of benzene rings is 2. The fraction of sp³-hybridized carbons (Fsp3) is 0.294. The molecule has 0 saturated carbocycles. The van der Waals surface area contributed by atoms with Crippen molar-refractivity contribution in [3.8, 4) is 11.5 Å². The van der Waals surface area contributed by atoms with Crippen molar-refractivity contribution in [2.24, 2.45) is 5.73 Å². The van der Waals surface area contributed by atoms with Crippen molar-refractivity contribution < 1.29 is 4.74 Å². The van der Waals surface area contributed by atoms with E-state index in [1.54, 1.807) is 0 Å². The molecule has 0 fully saturated rings. The molecule has 4 heteroatoms. The number of hydrogen-bond acceptors (Lipinski definition) is 2. The van der Waals surface area contributed by atoms with Gasteiger partial charge in [-0.15, -0.1) is 0 Å². The molecule has 2 aromatic rings. The van der Waals surface area contributed by atoms with E-state index in [0.717, 1.165) is 34.4 Å². The zero-order valence-electron chi connectivity index (χ0n) is 12.2. The maximum absolute atomic E-state index is 6.10. The predicted molar refractivity (Wildman–Crippen MR) is 92.4 cm³/mol. The minimum absolute atomic E-state index is 0.120. The van der Waals surface area contributed by atoms with E-state index in [4.69, 9.17) is 22.1 Å². The summed E-state index contributed by atoms with van der Waals surface area (Å²) in [6.45, 7) is 4.12. The first-order valence-electron chi connectivity index (χ1n) is 6.97. The molecule has 0 saturated heterocycles. The summed E-state index contributed by atoms with van der Waals surface area (Å²) in [5.41, 5.74) is 8.30. The third-order valence-electron chi connectivity index (χ3n) is 3.34. The topological polar surface area (TPSA) is 35.2 Å². The lowest BCUT2D eigenvalue weighted by atomic mass is 10.0. The Morgan fingerprint density at radius 1 is 1.19 bits per heavy atom. The SMILES string of the molecule is CCC(N)Cc1ccc(Cl)cc1Oc1ccc(C)cc1Br. The summed E-state index contributed by atoms with van der Waals surface area (Å²) in [5, 5.41) is 0.655. The van der Waals surface area contributed by atoms with E-state index in [-0.39, 0.29) is 6.04 Å². The average molecular weight is 369 g/mol. The number of hydrogen-bond donors (Lipinski definition) is 1. The number of rotatable bonds is 5. The van der Waals surface area contributed by atoms with Crippen LogP contribution in [0.5, 0.6) is 11.5 Å². The summed E-state index contributed by atoms with van der Waals surface area (Å²) < 4.78 is 6.96. The molecule has 0 aromatic heterocycles. The van der Waals surface area contributed by atoms with Crippen LogP contribution in [-0.4, -0.2) is 6.04 Å². The second kappa shape index (κ2) is 7.30. The van der Waals surface area contributed by atoms with Gasteiger partial charge in [0, 0.05) is 11.1 Å². The first-order valence-corrected chi connectivity index (χ1v) is 8.14. The van der Waals surface area contributed by atoms with Crippen LogP contribution in [0.3, 0.4) is 0 Å². The molecule has 0 amide bonds. The minimum atomic E-state index is 0.120. The summed E-state index contributed by atoms with van der Waals surface area (Å²) in [7, 11) is 0. The van der Waals surface area contributed by atoms with Crippen molar-refractivity contribution in [3.63, 3.8) is 0 Å². The molecule has 0 aliphatic carbocycles. The van der Waals surface area contributed by atoms with Gasteiger partial charge in [-0.1, -0.05) is 30.7 Å². The van der Waals surface area contributed by atoms with Crippen molar-refractivity contribution in [3.05, 3.63) is 57.0 Å². The molecular weight excluding hydrogens is 350 g/mol. The molecule has 0 spiro atoms. The van der Waals surface area contributed by atoms with Crippen LogP contribution in [0.15, 0.2) is 40.9 Å². The predicted octanol–water partition coefficient (Wildman–Crippen LogP) is 5.48. The van der Waals surface area contributed by atoms with Crippen LogP contribution in [0.25, 0.3) is 0 Å². The lowest BCUT2D eigenvalue weighted by Gasteiger charge is -2.15. The van der Waals surface area contributed by atoms with Crippen LogP contribution in [0, 0.1) is 6.92 Å². The molecule has 0 bridgehead atoms. The molecule has 2 rings (SSSR count).